The predicted molar refractivity (Wildman–Crippen MR) is 70.2 cm³/mol. The van der Waals surface area contributed by atoms with Crippen LogP contribution in [0.2, 0.25) is 0 Å². The first-order valence-electron chi connectivity index (χ1n) is 6.69. The Balaban J connectivity index is 1.73. The maximum absolute atomic E-state index is 12.2. The molecule has 112 valence electrons. The van der Waals surface area contributed by atoms with E-state index in [4.69, 9.17) is 5.11 Å². The van der Waals surface area contributed by atoms with Crippen LogP contribution in [-0.4, -0.2) is 48.0 Å². The molecule has 0 amide bonds. The Morgan fingerprint density at radius 1 is 1.30 bits per heavy atom. The molecule has 1 aliphatic rings. The van der Waals surface area contributed by atoms with Gasteiger partial charge in [0.1, 0.15) is 0 Å². The number of hydrogen-bond acceptors (Lipinski definition) is 3. The van der Waals surface area contributed by atoms with Crippen LogP contribution < -0.4 is 5.32 Å². The van der Waals surface area contributed by atoms with Crippen molar-refractivity contribution in [1.29, 1.82) is 0 Å². The molecule has 1 saturated heterocycles. The normalized spacial score (nSPS) is 22.1. The van der Waals surface area contributed by atoms with Gasteiger partial charge in [0.25, 0.3) is 0 Å². The lowest BCUT2D eigenvalue weighted by Gasteiger charge is -2.19. The quantitative estimate of drug-likeness (QED) is 0.867. The molecular formula is C14H19F3N2O. The molecule has 0 saturated carbocycles. The van der Waals surface area contributed by atoms with Crippen molar-refractivity contribution in [3.8, 4) is 0 Å². The van der Waals surface area contributed by atoms with E-state index < -0.39 is 18.8 Å². The average Bonchev–Trinajstić information content (AvgIpc) is 2.83. The van der Waals surface area contributed by atoms with Crippen molar-refractivity contribution in [3.63, 3.8) is 0 Å². The molecule has 0 radical (unpaired) electrons. The molecule has 2 atom stereocenters. The number of rotatable bonds is 5. The van der Waals surface area contributed by atoms with Crippen LogP contribution >= 0.6 is 0 Å². The molecule has 0 bridgehead atoms. The van der Waals surface area contributed by atoms with Gasteiger partial charge < -0.3 is 10.4 Å². The van der Waals surface area contributed by atoms with Crippen molar-refractivity contribution >= 4 is 0 Å². The van der Waals surface area contributed by atoms with Gasteiger partial charge in [-0.25, -0.2) is 0 Å². The summed E-state index contributed by atoms with van der Waals surface area (Å²) in [6.45, 7) is 1.93. The lowest BCUT2D eigenvalue weighted by atomic mass is 10.2. The van der Waals surface area contributed by atoms with Crippen molar-refractivity contribution in [3.05, 3.63) is 35.9 Å². The number of halogens is 3. The molecule has 1 aliphatic heterocycles. The maximum Gasteiger partial charge on any atom is 0.415 e. The second-order valence-electron chi connectivity index (χ2n) is 5.17. The van der Waals surface area contributed by atoms with Crippen LogP contribution in [0, 0.1) is 0 Å². The van der Waals surface area contributed by atoms with Gasteiger partial charge in [-0.1, -0.05) is 30.3 Å². The number of hydrogen-bond donors (Lipinski definition) is 2. The van der Waals surface area contributed by atoms with Crippen LogP contribution in [-0.2, 0) is 6.54 Å². The molecule has 1 fully saturated rings. The number of nitrogens with zero attached hydrogens (tertiary/aromatic N) is 1. The molecule has 2 unspecified atom stereocenters. The third kappa shape index (κ3) is 4.47. The van der Waals surface area contributed by atoms with E-state index in [1.807, 2.05) is 30.3 Å². The highest BCUT2D eigenvalue weighted by Crippen LogP contribution is 2.20. The van der Waals surface area contributed by atoms with E-state index in [9.17, 15) is 13.2 Å². The first kappa shape index (κ1) is 15.3. The van der Waals surface area contributed by atoms with E-state index in [1.165, 1.54) is 5.56 Å². The maximum atomic E-state index is 12.2. The van der Waals surface area contributed by atoms with Gasteiger partial charge in [0.05, 0.1) is 0 Å². The second-order valence-corrected chi connectivity index (χ2v) is 5.17. The number of likely N-dealkylation sites (tertiary alicyclic amines) is 1. The highest BCUT2D eigenvalue weighted by Gasteiger charge is 2.38. The van der Waals surface area contributed by atoms with Crippen molar-refractivity contribution in [2.45, 2.75) is 31.3 Å². The summed E-state index contributed by atoms with van der Waals surface area (Å²) in [5.74, 6) is 0. The highest BCUT2D eigenvalue weighted by atomic mass is 19.4. The third-order valence-electron chi connectivity index (χ3n) is 3.50. The molecular weight excluding hydrogens is 269 g/mol. The monoisotopic (exact) mass is 288 g/mol. The smallest absolute Gasteiger partial charge is 0.382 e. The summed E-state index contributed by atoms with van der Waals surface area (Å²) in [6.07, 6.45) is -6.03. The molecule has 20 heavy (non-hydrogen) atoms. The van der Waals surface area contributed by atoms with E-state index in [0.29, 0.717) is 6.54 Å². The van der Waals surface area contributed by atoms with Gasteiger partial charge in [0.15, 0.2) is 6.10 Å². The minimum absolute atomic E-state index is 0.00992. The molecule has 2 rings (SSSR count). The molecule has 2 N–H and O–H groups in total. The molecule has 0 spiro atoms. The summed E-state index contributed by atoms with van der Waals surface area (Å²) in [4.78, 5) is 2.20. The number of nitrogens with one attached hydrogen (secondary N) is 1. The molecule has 3 nitrogen and oxygen atoms in total. The van der Waals surface area contributed by atoms with Gasteiger partial charge in [-0.3, -0.25) is 4.90 Å². The molecule has 0 aliphatic carbocycles. The number of alkyl halides is 3. The Hall–Kier alpha value is -1.11. The standard InChI is InChI=1S/C14H19F3N2O/c15-14(16,17)13(20)8-18-12-6-7-19(10-12)9-11-4-2-1-3-5-11/h1-5,12-13,18,20H,6-10H2. The number of benzene rings is 1. The lowest BCUT2D eigenvalue weighted by molar-refractivity contribution is -0.202. The fourth-order valence-corrected chi connectivity index (χ4v) is 2.38. The van der Waals surface area contributed by atoms with Crippen LogP contribution in [0.15, 0.2) is 30.3 Å². The van der Waals surface area contributed by atoms with Gasteiger partial charge >= 0.3 is 6.18 Å². The van der Waals surface area contributed by atoms with Crippen molar-refractivity contribution in [2.24, 2.45) is 0 Å². The van der Waals surface area contributed by atoms with Crippen LogP contribution in [0.1, 0.15) is 12.0 Å². The Bertz CT molecular complexity index is 411. The minimum Gasteiger partial charge on any atom is -0.382 e. The second kappa shape index (κ2) is 6.56. The summed E-state index contributed by atoms with van der Waals surface area (Å²) in [5.41, 5.74) is 1.20. The van der Waals surface area contributed by atoms with E-state index in [1.54, 1.807) is 0 Å². The number of aliphatic hydroxyl groups excluding tert-OH is 1. The Morgan fingerprint density at radius 3 is 2.65 bits per heavy atom. The highest BCUT2D eigenvalue weighted by molar-refractivity contribution is 5.14. The Labute approximate surface area is 116 Å². The van der Waals surface area contributed by atoms with Gasteiger partial charge in [-0.2, -0.15) is 13.2 Å². The Kier molecular flexibility index (Phi) is 5.01. The summed E-state index contributed by atoms with van der Waals surface area (Å²) < 4.78 is 36.6. The molecule has 6 heteroatoms. The van der Waals surface area contributed by atoms with Crippen LogP contribution in [0.3, 0.4) is 0 Å². The summed E-state index contributed by atoms with van der Waals surface area (Å²) in [5, 5.41) is 11.7. The average molecular weight is 288 g/mol. The predicted octanol–water partition coefficient (Wildman–Crippen LogP) is 1.77. The van der Waals surface area contributed by atoms with Crippen LogP contribution in [0.25, 0.3) is 0 Å². The zero-order valence-electron chi connectivity index (χ0n) is 11.1. The molecule has 0 aromatic heterocycles. The van der Waals surface area contributed by atoms with E-state index in [-0.39, 0.29) is 6.04 Å². The fourth-order valence-electron chi connectivity index (χ4n) is 2.38. The minimum atomic E-state index is -4.55. The third-order valence-corrected chi connectivity index (χ3v) is 3.50. The first-order chi connectivity index (χ1) is 9.45. The van der Waals surface area contributed by atoms with Crippen LogP contribution in [0.4, 0.5) is 13.2 Å². The van der Waals surface area contributed by atoms with Crippen LogP contribution in [0.5, 0.6) is 0 Å². The summed E-state index contributed by atoms with van der Waals surface area (Å²) >= 11 is 0. The van der Waals surface area contributed by atoms with E-state index in [0.717, 1.165) is 19.5 Å². The van der Waals surface area contributed by atoms with Crippen molar-refractivity contribution < 1.29 is 18.3 Å². The van der Waals surface area contributed by atoms with E-state index >= 15 is 0 Å². The van der Waals surface area contributed by atoms with E-state index in [2.05, 4.69) is 10.2 Å². The topological polar surface area (TPSA) is 35.5 Å². The molecule has 1 aromatic rings. The zero-order chi connectivity index (χ0) is 14.6. The largest absolute Gasteiger partial charge is 0.415 e. The van der Waals surface area contributed by atoms with Gasteiger partial charge in [-0.15, -0.1) is 0 Å². The van der Waals surface area contributed by atoms with Gasteiger partial charge in [0, 0.05) is 32.2 Å². The zero-order valence-corrected chi connectivity index (χ0v) is 11.1. The van der Waals surface area contributed by atoms with Gasteiger partial charge in [-0.05, 0) is 12.0 Å². The summed E-state index contributed by atoms with van der Waals surface area (Å²) in [7, 11) is 0. The Morgan fingerprint density at radius 2 is 2.00 bits per heavy atom. The van der Waals surface area contributed by atoms with Crippen molar-refractivity contribution in [2.75, 3.05) is 19.6 Å². The molecule has 1 heterocycles. The summed E-state index contributed by atoms with van der Waals surface area (Å²) in [6, 6.07) is 9.98. The first-order valence-corrected chi connectivity index (χ1v) is 6.69. The van der Waals surface area contributed by atoms with Crippen molar-refractivity contribution in [1.82, 2.24) is 10.2 Å². The number of aliphatic hydroxyl groups is 1. The fraction of sp³-hybridized carbons (Fsp3) is 0.571. The SMILES string of the molecule is OC(CNC1CCN(Cc2ccccc2)C1)C(F)(F)F. The lowest BCUT2D eigenvalue weighted by Crippen LogP contribution is -2.43. The molecule has 1 aromatic carbocycles. The van der Waals surface area contributed by atoms with Gasteiger partial charge in [0.2, 0.25) is 0 Å².